The van der Waals surface area contributed by atoms with E-state index in [-0.39, 0.29) is 12.4 Å². The maximum Gasteiger partial charge on any atom is 0.223 e. The van der Waals surface area contributed by atoms with Crippen molar-refractivity contribution in [2.75, 3.05) is 20.1 Å². The molecule has 2 aliphatic rings. The maximum atomic E-state index is 11.7. The molecule has 0 aromatic carbocycles. The zero-order chi connectivity index (χ0) is 9.97. The van der Waals surface area contributed by atoms with Gasteiger partial charge in [0.25, 0.3) is 0 Å². The summed E-state index contributed by atoms with van der Waals surface area (Å²) in [5, 5.41) is 3.16. The topological polar surface area (TPSA) is 32.3 Å². The van der Waals surface area contributed by atoms with Crippen LogP contribution in [0, 0.1) is 5.92 Å². The van der Waals surface area contributed by atoms with Gasteiger partial charge in [0.05, 0.1) is 0 Å². The van der Waals surface area contributed by atoms with E-state index < -0.39 is 0 Å². The molecule has 1 atom stereocenters. The van der Waals surface area contributed by atoms with Gasteiger partial charge in [0.1, 0.15) is 0 Å². The Morgan fingerprint density at radius 1 is 1.40 bits per heavy atom. The number of hydrogen-bond donors (Lipinski definition) is 1. The summed E-state index contributed by atoms with van der Waals surface area (Å²) in [6, 6.07) is 0.573. The van der Waals surface area contributed by atoms with Crippen LogP contribution in [0.4, 0.5) is 0 Å². The van der Waals surface area contributed by atoms with Crippen LogP contribution < -0.4 is 5.32 Å². The summed E-state index contributed by atoms with van der Waals surface area (Å²) in [5.74, 6) is 0.935. The van der Waals surface area contributed by atoms with Crippen LogP contribution >= 0.6 is 12.4 Å². The van der Waals surface area contributed by atoms with Crippen molar-refractivity contribution < 1.29 is 4.79 Å². The Kier molecular flexibility index (Phi) is 4.87. The minimum atomic E-state index is 0. The first-order valence-corrected chi connectivity index (χ1v) is 5.75. The largest absolute Gasteiger partial charge is 0.339 e. The Labute approximate surface area is 98.0 Å². The van der Waals surface area contributed by atoms with Gasteiger partial charge in [-0.15, -0.1) is 12.4 Å². The third kappa shape index (κ3) is 2.85. The molecule has 4 heteroatoms. The van der Waals surface area contributed by atoms with Gasteiger partial charge >= 0.3 is 0 Å². The fourth-order valence-electron chi connectivity index (χ4n) is 2.80. The van der Waals surface area contributed by atoms with Crippen LogP contribution in [0.2, 0.25) is 0 Å². The van der Waals surface area contributed by atoms with E-state index in [2.05, 4.69) is 10.2 Å². The molecular formula is C11H21ClN2O. The van der Waals surface area contributed by atoms with Crippen LogP contribution in [0.25, 0.3) is 0 Å². The van der Waals surface area contributed by atoms with Crippen LogP contribution in [-0.2, 0) is 4.79 Å². The first kappa shape index (κ1) is 12.8. The van der Waals surface area contributed by atoms with Crippen molar-refractivity contribution in [1.82, 2.24) is 10.2 Å². The number of nitrogens with zero attached hydrogens (tertiary/aromatic N) is 1. The lowest BCUT2D eigenvalue weighted by molar-refractivity contribution is -0.129. The van der Waals surface area contributed by atoms with E-state index in [4.69, 9.17) is 0 Å². The Balaban J connectivity index is 0.00000112. The Morgan fingerprint density at radius 3 is 2.67 bits per heavy atom. The normalized spacial score (nSPS) is 27.1. The van der Waals surface area contributed by atoms with Gasteiger partial charge in [-0.2, -0.15) is 0 Å². The standard InChI is InChI=1S/C11H20N2O.ClH/c1-12-7-9-6-11(14)13(8-9)10-4-2-3-5-10;/h9-10,12H,2-8H2,1H3;1H. The highest BCUT2D eigenvalue weighted by atomic mass is 35.5. The highest BCUT2D eigenvalue weighted by Gasteiger charge is 2.34. The lowest BCUT2D eigenvalue weighted by Gasteiger charge is -2.24. The minimum Gasteiger partial charge on any atom is -0.339 e. The number of nitrogens with one attached hydrogen (secondary N) is 1. The second-order valence-electron chi connectivity index (χ2n) is 4.61. The van der Waals surface area contributed by atoms with E-state index in [1.807, 2.05) is 7.05 Å². The molecule has 2 fully saturated rings. The maximum absolute atomic E-state index is 11.7. The first-order chi connectivity index (χ1) is 6.81. The van der Waals surface area contributed by atoms with E-state index in [1.54, 1.807) is 0 Å². The molecule has 88 valence electrons. The summed E-state index contributed by atoms with van der Waals surface area (Å²) in [7, 11) is 1.96. The number of halogens is 1. The lowest BCUT2D eigenvalue weighted by Crippen LogP contribution is -2.35. The Bertz CT molecular complexity index is 217. The minimum absolute atomic E-state index is 0. The fraction of sp³-hybridized carbons (Fsp3) is 0.909. The number of carbonyl (C=O) groups excluding carboxylic acids is 1. The average molecular weight is 233 g/mol. The lowest BCUT2D eigenvalue weighted by atomic mass is 10.1. The van der Waals surface area contributed by atoms with E-state index in [9.17, 15) is 4.79 Å². The molecule has 1 saturated heterocycles. The van der Waals surface area contributed by atoms with Gasteiger partial charge in [0.2, 0.25) is 5.91 Å². The highest BCUT2D eigenvalue weighted by Crippen LogP contribution is 2.28. The predicted octanol–water partition coefficient (Wildman–Crippen LogP) is 1.42. The van der Waals surface area contributed by atoms with E-state index in [0.717, 1.165) is 19.5 Å². The molecule has 1 aliphatic carbocycles. The van der Waals surface area contributed by atoms with Gasteiger partial charge in [-0.1, -0.05) is 12.8 Å². The SMILES string of the molecule is CNCC1CC(=O)N(C2CCCC2)C1.Cl. The van der Waals surface area contributed by atoms with E-state index >= 15 is 0 Å². The van der Waals surface area contributed by atoms with Gasteiger partial charge < -0.3 is 10.2 Å². The zero-order valence-corrected chi connectivity index (χ0v) is 10.2. The molecular weight excluding hydrogens is 212 g/mol. The smallest absolute Gasteiger partial charge is 0.223 e. The van der Waals surface area contributed by atoms with Crippen LogP contribution in [0.3, 0.4) is 0 Å². The summed E-state index contributed by atoms with van der Waals surface area (Å²) >= 11 is 0. The molecule has 3 nitrogen and oxygen atoms in total. The molecule has 1 unspecified atom stereocenters. The van der Waals surface area contributed by atoms with Crippen molar-refractivity contribution in [2.24, 2.45) is 5.92 Å². The molecule has 1 heterocycles. The van der Waals surface area contributed by atoms with Crippen molar-refractivity contribution >= 4 is 18.3 Å². The Hall–Kier alpha value is -0.280. The molecule has 15 heavy (non-hydrogen) atoms. The van der Waals surface area contributed by atoms with Crippen molar-refractivity contribution in [2.45, 2.75) is 38.1 Å². The summed E-state index contributed by atoms with van der Waals surface area (Å²) in [4.78, 5) is 13.9. The monoisotopic (exact) mass is 232 g/mol. The van der Waals surface area contributed by atoms with Gasteiger partial charge in [0, 0.05) is 19.0 Å². The van der Waals surface area contributed by atoms with Crippen molar-refractivity contribution in [1.29, 1.82) is 0 Å². The molecule has 1 saturated carbocycles. The molecule has 0 radical (unpaired) electrons. The van der Waals surface area contributed by atoms with Gasteiger partial charge in [-0.05, 0) is 32.4 Å². The van der Waals surface area contributed by atoms with Crippen molar-refractivity contribution in [3.63, 3.8) is 0 Å². The third-order valence-electron chi connectivity index (χ3n) is 3.50. The van der Waals surface area contributed by atoms with Crippen LogP contribution in [0.1, 0.15) is 32.1 Å². The number of carbonyl (C=O) groups is 1. The summed E-state index contributed by atoms with van der Waals surface area (Å²) in [6.45, 7) is 1.97. The third-order valence-corrected chi connectivity index (χ3v) is 3.50. The first-order valence-electron chi connectivity index (χ1n) is 5.75. The Morgan fingerprint density at radius 2 is 2.07 bits per heavy atom. The second-order valence-corrected chi connectivity index (χ2v) is 4.61. The van der Waals surface area contributed by atoms with Crippen LogP contribution in [0.5, 0.6) is 0 Å². The molecule has 0 aromatic rings. The second kappa shape index (κ2) is 5.71. The highest BCUT2D eigenvalue weighted by molar-refractivity contribution is 5.85. The molecule has 1 amide bonds. The van der Waals surface area contributed by atoms with E-state index in [0.29, 0.717) is 17.9 Å². The number of amides is 1. The van der Waals surface area contributed by atoms with Gasteiger partial charge in [-0.25, -0.2) is 0 Å². The van der Waals surface area contributed by atoms with E-state index in [1.165, 1.54) is 25.7 Å². The van der Waals surface area contributed by atoms with Crippen molar-refractivity contribution in [3.05, 3.63) is 0 Å². The molecule has 0 spiro atoms. The molecule has 0 bridgehead atoms. The zero-order valence-electron chi connectivity index (χ0n) is 9.37. The number of rotatable bonds is 3. The predicted molar refractivity (Wildman–Crippen MR) is 63.3 cm³/mol. The summed E-state index contributed by atoms with van der Waals surface area (Å²) in [5.41, 5.74) is 0. The average Bonchev–Trinajstić information content (AvgIpc) is 2.74. The molecule has 0 aromatic heterocycles. The quantitative estimate of drug-likeness (QED) is 0.798. The van der Waals surface area contributed by atoms with Gasteiger partial charge in [-0.3, -0.25) is 4.79 Å². The van der Waals surface area contributed by atoms with Crippen LogP contribution in [-0.4, -0.2) is 37.0 Å². The fourth-order valence-corrected chi connectivity index (χ4v) is 2.80. The summed E-state index contributed by atoms with van der Waals surface area (Å²) in [6.07, 6.45) is 5.85. The molecule has 1 N–H and O–H groups in total. The molecule has 2 rings (SSSR count). The van der Waals surface area contributed by atoms with Gasteiger partial charge in [0.15, 0.2) is 0 Å². The summed E-state index contributed by atoms with van der Waals surface area (Å²) < 4.78 is 0. The van der Waals surface area contributed by atoms with Crippen LogP contribution in [0.15, 0.2) is 0 Å². The van der Waals surface area contributed by atoms with Crippen molar-refractivity contribution in [3.8, 4) is 0 Å². The number of hydrogen-bond acceptors (Lipinski definition) is 2. The molecule has 1 aliphatic heterocycles. The number of likely N-dealkylation sites (tertiary alicyclic amines) is 1.